The van der Waals surface area contributed by atoms with Gasteiger partial charge in [0, 0.05) is 13.2 Å². The summed E-state index contributed by atoms with van der Waals surface area (Å²) in [6.07, 6.45) is 0.623. The van der Waals surface area contributed by atoms with E-state index in [2.05, 4.69) is 29.4 Å². The summed E-state index contributed by atoms with van der Waals surface area (Å²) in [7, 11) is 1.68. The molecule has 16 heavy (non-hydrogen) atoms. The van der Waals surface area contributed by atoms with Gasteiger partial charge < -0.3 is 14.5 Å². The zero-order valence-electron chi connectivity index (χ0n) is 10.7. The molecule has 1 N–H and O–H groups in total. The number of hydrogen-bond donors (Lipinski definition) is 1. The van der Waals surface area contributed by atoms with Gasteiger partial charge in [0.25, 0.3) is 0 Å². The fourth-order valence-corrected chi connectivity index (χ4v) is 1.16. The molecule has 1 aromatic heterocycles. The molecule has 0 fully saturated rings. The first-order valence-electron chi connectivity index (χ1n) is 5.53. The molecule has 0 radical (unpaired) electrons. The highest BCUT2D eigenvalue weighted by molar-refractivity contribution is 4.88. The number of nitrogens with one attached hydrogen (secondary N) is 1. The van der Waals surface area contributed by atoms with Crippen LogP contribution in [-0.2, 0) is 17.7 Å². The largest absolute Gasteiger partial charge is 0.424 e. The summed E-state index contributed by atoms with van der Waals surface area (Å²) in [6, 6.07) is 0.408. The minimum Gasteiger partial charge on any atom is -0.424 e. The first-order valence-corrected chi connectivity index (χ1v) is 5.53. The van der Waals surface area contributed by atoms with Crippen LogP contribution in [0.4, 0.5) is 0 Å². The SMILES string of the molecule is COC(C)(C)Cc1nnc(CNC(C)C)o1. The molecule has 5 nitrogen and oxygen atoms in total. The van der Waals surface area contributed by atoms with Gasteiger partial charge in [-0.3, -0.25) is 0 Å². The van der Waals surface area contributed by atoms with Crippen molar-refractivity contribution >= 4 is 0 Å². The molecule has 0 saturated heterocycles. The van der Waals surface area contributed by atoms with Crippen LogP contribution in [0, 0.1) is 0 Å². The zero-order chi connectivity index (χ0) is 12.2. The Balaban J connectivity index is 2.51. The van der Waals surface area contributed by atoms with E-state index in [9.17, 15) is 0 Å². The Hall–Kier alpha value is -0.940. The fourth-order valence-electron chi connectivity index (χ4n) is 1.16. The van der Waals surface area contributed by atoms with Crippen LogP contribution in [0.15, 0.2) is 4.42 Å². The van der Waals surface area contributed by atoms with Crippen molar-refractivity contribution in [2.45, 2.75) is 52.3 Å². The van der Waals surface area contributed by atoms with Crippen molar-refractivity contribution < 1.29 is 9.15 Å². The van der Waals surface area contributed by atoms with Crippen LogP contribution in [0.5, 0.6) is 0 Å². The van der Waals surface area contributed by atoms with Crippen molar-refractivity contribution in [2.24, 2.45) is 0 Å². The van der Waals surface area contributed by atoms with Crippen molar-refractivity contribution in [2.75, 3.05) is 7.11 Å². The summed E-state index contributed by atoms with van der Waals surface area (Å²) in [4.78, 5) is 0. The first kappa shape index (κ1) is 13.1. The quantitative estimate of drug-likeness (QED) is 0.798. The van der Waals surface area contributed by atoms with E-state index in [0.29, 0.717) is 30.8 Å². The van der Waals surface area contributed by atoms with E-state index in [0.717, 1.165) is 0 Å². The molecule has 0 saturated carbocycles. The summed E-state index contributed by atoms with van der Waals surface area (Å²) in [5.74, 6) is 1.24. The monoisotopic (exact) mass is 227 g/mol. The normalized spacial score (nSPS) is 12.4. The molecule has 0 aliphatic rings. The van der Waals surface area contributed by atoms with Gasteiger partial charge in [-0.25, -0.2) is 0 Å². The second kappa shape index (κ2) is 5.41. The molecule has 0 aromatic carbocycles. The molecule has 5 heteroatoms. The lowest BCUT2D eigenvalue weighted by molar-refractivity contribution is 0.0179. The second-order valence-electron chi connectivity index (χ2n) is 4.77. The van der Waals surface area contributed by atoms with Crippen molar-refractivity contribution in [3.63, 3.8) is 0 Å². The number of methoxy groups -OCH3 is 1. The van der Waals surface area contributed by atoms with Gasteiger partial charge in [-0.1, -0.05) is 13.8 Å². The van der Waals surface area contributed by atoms with Crippen LogP contribution in [0.2, 0.25) is 0 Å². The standard InChI is InChI=1S/C11H21N3O2/c1-8(2)12-7-10-14-13-9(16-10)6-11(3,4)15-5/h8,12H,6-7H2,1-5H3. The molecule has 1 heterocycles. The molecule has 1 rings (SSSR count). The van der Waals surface area contributed by atoms with E-state index in [1.54, 1.807) is 7.11 Å². The van der Waals surface area contributed by atoms with E-state index in [1.165, 1.54) is 0 Å². The van der Waals surface area contributed by atoms with Crippen LogP contribution in [0.25, 0.3) is 0 Å². The predicted octanol–water partition coefficient (Wildman–Crippen LogP) is 1.54. The molecule has 0 atom stereocenters. The lowest BCUT2D eigenvalue weighted by atomic mass is 10.1. The van der Waals surface area contributed by atoms with Crippen LogP contribution >= 0.6 is 0 Å². The van der Waals surface area contributed by atoms with Crippen LogP contribution in [-0.4, -0.2) is 29.0 Å². The highest BCUT2D eigenvalue weighted by Crippen LogP contribution is 2.14. The summed E-state index contributed by atoms with van der Waals surface area (Å²) >= 11 is 0. The fraction of sp³-hybridized carbons (Fsp3) is 0.818. The van der Waals surface area contributed by atoms with E-state index in [4.69, 9.17) is 9.15 Å². The Kier molecular flexibility index (Phi) is 4.44. The van der Waals surface area contributed by atoms with Crippen LogP contribution < -0.4 is 5.32 Å². The van der Waals surface area contributed by atoms with Gasteiger partial charge in [0.05, 0.1) is 18.6 Å². The maximum absolute atomic E-state index is 5.51. The number of aromatic nitrogens is 2. The Morgan fingerprint density at radius 1 is 1.31 bits per heavy atom. The average molecular weight is 227 g/mol. The molecule has 0 amide bonds. The number of rotatable bonds is 6. The Morgan fingerprint density at radius 3 is 2.50 bits per heavy atom. The Morgan fingerprint density at radius 2 is 1.94 bits per heavy atom. The highest BCUT2D eigenvalue weighted by atomic mass is 16.5. The van der Waals surface area contributed by atoms with Gasteiger partial charge in [-0.15, -0.1) is 10.2 Å². The summed E-state index contributed by atoms with van der Waals surface area (Å²) in [6.45, 7) is 8.74. The molecule has 0 aliphatic carbocycles. The minimum absolute atomic E-state index is 0.269. The second-order valence-corrected chi connectivity index (χ2v) is 4.77. The topological polar surface area (TPSA) is 60.2 Å². The van der Waals surface area contributed by atoms with E-state index in [1.807, 2.05) is 13.8 Å². The molecule has 0 aliphatic heterocycles. The molecule has 0 unspecified atom stereocenters. The van der Waals surface area contributed by atoms with Crippen molar-refractivity contribution in [1.82, 2.24) is 15.5 Å². The number of nitrogens with zero attached hydrogens (tertiary/aromatic N) is 2. The van der Waals surface area contributed by atoms with Crippen molar-refractivity contribution in [1.29, 1.82) is 0 Å². The lowest BCUT2D eigenvalue weighted by Crippen LogP contribution is -2.25. The first-order chi connectivity index (χ1) is 7.43. The summed E-state index contributed by atoms with van der Waals surface area (Å²) in [5, 5.41) is 11.2. The predicted molar refractivity (Wildman–Crippen MR) is 61.1 cm³/mol. The van der Waals surface area contributed by atoms with Gasteiger partial charge >= 0.3 is 0 Å². The van der Waals surface area contributed by atoms with Crippen LogP contribution in [0.3, 0.4) is 0 Å². The van der Waals surface area contributed by atoms with E-state index >= 15 is 0 Å². The third kappa shape index (κ3) is 4.28. The molecular weight excluding hydrogens is 206 g/mol. The van der Waals surface area contributed by atoms with Crippen molar-refractivity contribution in [3.05, 3.63) is 11.8 Å². The highest BCUT2D eigenvalue weighted by Gasteiger charge is 2.21. The van der Waals surface area contributed by atoms with Gasteiger partial charge in [0.2, 0.25) is 11.8 Å². The average Bonchev–Trinajstić information content (AvgIpc) is 2.62. The van der Waals surface area contributed by atoms with Gasteiger partial charge in [-0.05, 0) is 13.8 Å². The molecule has 0 bridgehead atoms. The van der Waals surface area contributed by atoms with Crippen molar-refractivity contribution in [3.8, 4) is 0 Å². The third-order valence-electron chi connectivity index (χ3n) is 2.30. The molecule has 0 spiro atoms. The van der Waals surface area contributed by atoms with Gasteiger partial charge in [-0.2, -0.15) is 0 Å². The number of ether oxygens (including phenoxy) is 1. The van der Waals surface area contributed by atoms with Gasteiger partial charge in [0.1, 0.15) is 0 Å². The van der Waals surface area contributed by atoms with Crippen LogP contribution in [0.1, 0.15) is 39.5 Å². The Bertz CT molecular complexity index is 321. The van der Waals surface area contributed by atoms with E-state index < -0.39 is 0 Å². The van der Waals surface area contributed by atoms with E-state index in [-0.39, 0.29) is 5.60 Å². The summed E-state index contributed by atoms with van der Waals surface area (Å²) in [5.41, 5.74) is -0.269. The number of hydrogen-bond acceptors (Lipinski definition) is 5. The third-order valence-corrected chi connectivity index (χ3v) is 2.30. The Labute approximate surface area is 96.6 Å². The maximum Gasteiger partial charge on any atom is 0.230 e. The maximum atomic E-state index is 5.51. The smallest absolute Gasteiger partial charge is 0.230 e. The zero-order valence-corrected chi connectivity index (χ0v) is 10.7. The molecule has 1 aromatic rings. The molecular formula is C11H21N3O2. The summed E-state index contributed by atoms with van der Waals surface area (Å²) < 4.78 is 10.8. The minimum atomic E-state index is -0.269. The van der Waals surface area contributed by atoms with Gasteiger partial charge in [0.15, 0.2) is 0 Å². The molecule has 92 valence electrons. The lowest BCUT2D eigenvalue weighted by Gasteiger charge is -2.20.